The number of nitrogens with zero attached hydrogens (tertiary/aromatic N) is 1. The van der Waals surface area contributed by atoms with Gasteiger partial charge in [0.25, 0.3) is 0 Å². The molecule has 1 aromatic rings. The lowest BCUT2D eigenvalue weighted by Crippen LogP contribution is -2.28. The summed E-state index contributed by atoms with van der Waals surface area (Å²) in [5.74, 6) is 0. The second kappa shape index (κ2) is 4.16. The van der Waals surface area contributed by atoms with Crippen LogP contribution in [0.15, 0.2) is 35.2 Å². The molecule has 0 saturated heterocycles. The van der Waals surface area contributed by atoms with Crippen LogP contribution >= 0.6 is 0 Å². The molecule has 2 nitrogen and oxygen atoms in total. The SMILES string of the molecule is N#CC1([S@](=O)c2ccccc2)CCCC1. The van der Waals surface area contributed by atoms with Crippen molar-refractivity contribution in [2.75, 3.05) is 0 Å². The van der Waals surface area contributed by atoms with Gasteiger partial charge in [-0.3, -0.25) is 4.21 Å². The standard InChI is InChI=1S/C12H13NOS/c13-10-12(8-4-5-9-12)15(14)11-6-2-1-3-7-11/h1-3,6-7H,4-5,8-9H2/t15-/m1/s1. The smallest absolute Gasteiger partial charge is 0.137 e. The van der Waals surface area contributed by atoms with Crippen LogP contribution in [-0.2, 0) is 10.8 Å². The van der Waals surface area contributed by atoms with Crippen molar-refractivity contribution < 1.29 is 4.21 Å². The molecular weight excluding hydrogens is 206 g/mol. The van der Waals surface area contributed by atoms with Crippen LogP contribution in [0.5, 0.6) is 0 Å². The highest BCUT2D eigenvalue weighted by atomic mass is 32.2. The van der Waals surface area contributed by atoms with Gasteiger partial charge in [-0.15, -0.1) is 0 Å². The lowest BCUT2D eigenvalue weighted by Gasteiger charge is -2.19. The molecule has 0 amide bonds. The molecule has 1 saturated carbocycles. The Bertz CT molecular complexity index is 401. The van der Waals surface area contributed by atoms with Gasteiger partial charge in [-0.25, -0.2) is 0 Å². The molecule has 3 heteroatoms. The first-order valence-corrected chi connectivity index (χ1v) is 6.32. The fraction of sp³-hybridized carbons (Fsp3) is 0.417. The van der Waals surface area contributed by atoms with Gasteiger partial charge >= 0.3 is 0 Å². The van der Waals surface area contributed by atoms with E-state index in [1.807, 2.05) is 30.3 Å². The maximum Gasteiger partial charge on any atom is 0.137 e. The van der Waals surface area contributed by atoms with E-state index in [1.165, 1.54) is 0 Å². The molecule has 0 bridgehead atoms. The molecule has 15 heavy (non-hydrogen) atoms. The Labute approximate surface area is 92.4 Å². The maximum absolute atomic E-state index is 12.3. The predicted molar refractivity (Wildman–Crippen MR) is 59.7 cm³/mol. The van der Waals surface area contributed by atoms with Crippen LogP contribution in [0.25, 0.3) is 0 Å². The molecule has 1 aliphatic carbocycles. The molecule has 1 atom stereocenters. The Balaban J connectivity index is 2.32. The minimum Gasteiger partial charge on any atom is -0.253 e. The van der Waals surface area contributed by atoms with Gasteiger partial charge in [-0.2, -0.15) is 5.26 Å². The minimum absolute atomic E-state index is 0.624. The number of hydrogen-bond donors (Lipinski definition) is 0. The summed E-state index contributed by atoms with van der Waals surface area (Å²) in [7, 11) is -1.18. The summed E-state index contributed by atoms with van der Waals surface area (Å²) >= 11 is 0. The Morgan fingerprint density at radius 1 is 1.20 bits per heavy atom. The van der Waals surface area contributed by atoms with Crippen molar-refractivity contribution in [2.24, 2.45) is 0 Å². The monoisotopic (exact) mass is 219 g/mol. The van der Waals surface area contributed by atoms with E-state index in [4.69, 9.17) is 0 Å². The van der Waals surface area contributed by atoms with Crippen LogP contribution in [-0.4, -0.2) is 8.96 Å². The summed E-state index contributed by atoms with van der Waals surface area (Å²) < 4.78 is 11.7. The van der Waals surface area contributed by atoms with Crippen LogP contribution in [0.2, 0.25) is 0 Å². The van der Waals surface area contributed by atoms with Gasteiger partial charge in [0.2, 0.25) is 0 Å². The first-order valence-electron chi connectivity index (χ1n) is 5.17. The van der Waals surface area contributed by atoms with Gasteiger partial charge in [-0.05, 0) is 25.0 Å². The quantitative estimate of drug-likeness (QED) is 0.767. The van der Waals surface area contributed by atoms with Crippen molar-refractivity contribution in [2.45, 2.75) is 35.3 Å². The highest BCUT2D eigenvalue weighted by Crippen LogP contribution is 2.37. The van der Waals surface area contributed by atoms with Crippen LogP contribution in [0.1, 0.15) is 25.7 Å². The second-order valence-electron chi connectivity index (χ2n) is 3.89. The third kappa shape index (κ3) is 1.82. The van der Waals surface area contributed by atoms with Gasteiger partial charge in [0.15, 0.2) is 0 Å². The molecule has 0 radical (unpaired) electrons. The highest BCUT2D eigenvalue weighted by molar-refractivity contribution is 7.86. The molecule has 0 unspecified atom stereocenters. The van der Waals surface area contributed by atoms with E-state index in [0.29, 0.717) is 0 Å². The molecule has 0 aromatic heterocycles. The molecular formula is C12H13NOS. The van der Waals surface area contributed by atoms with Crippen LogP contribution in [0, 0.1) is 11.3 Å². The van der Waals surface area contributed by atoms with E-state index >= 15 is 0 Å². The topological polar surface area (TPSA) is 40.9 Å². The largest absolute Gasteiger partial charge is 0.253 e. The molecule has 0 N–H and O–H groups in total. The number of hydrogen-bond acceptors (Lipinski definition) is 2. The van der Waals surface area contributed by atoms with E-state index in [1.54, 1.807) is 0 Å². The third-order valence-corrected chi connectivity index (χ3v) is 4.84. The zero-order valence-electron chi connectivity index (χ0n) is 8.48. The van der Waals surface area contributed by atoms with Crippen molar-refractivity contribution in [3.63, 3.8) is 0 Å². The third-order valence-electron chi connectivity index (χ3n) is 2.93. The van der Waals surface area contributed by atoms with Crippen molar-refractivity contribution in [3.05, 3.63) is 30.3 Å². The van der Waals surface area contributed by atoms with Crippen molar-refractivity contribution in [3.8, 4) is 6.07 Å². The van der Waals surface area contributed by atoms with Crippen molar-refractivity contribution in [1.29, 1.82) is 5.26 Å². The summed E-state index contributed by atoms with van der Waals surface area (Å²) in [4.78, 5) is 0.779. The Morgan fingerprint density at radius 3 is 2.33 bits per heavy atom. The minimum atomic E-state index is -1.18. The maximum atomic E-state index is 12.3. The summed E-state index contributed by atoms with van der Waals surface area (Å²) in [5.41, 5.74) is 0. The fourth-order valence-corrected chi connectivity index (χ4v) is 3.65. The number of benzene rings is 1. The Hall–Kier alpha value is -1.14. The van der Waals surface area contributed by atoms with E-state index < -0.39 is 15.5 Å². The van der Waals surface area contributed by atoms with Gasteiger partial charge in [0.1, 0.15) is 4.75 Å². The molecule has 0 aliphatic heterocycles. The summed E-state index contributed by atoms with van der Waals surface area (Å²) in [5, 5.41) is 9.21. The van der Waals surface area contributed by atoms with E-state index in [9.17, 15) is 9.47 Å². The summed E-state index contributed by atoms with van der Waals surface area (Å²) in [6.45, 7) is 0. The van der Waals surface area contributed by atoms with E-state index in [-0.39, 0.29) is 0 Å². The molecule has 2 rings (SSSR count). The lowest BCUT2D eigenvalue weighted by molar-refractivity contribution is 0.643. The molecule has 0 heterocycles. The number of nitriles is 1. The zero-order chi connectivity index (χ0) is 10.7. The first kappa shape index (κ1) is 10.4. The molecule has 0 spiro atoms. The molecule has 78 valence electrons. The average Bonchev–Trinajstić information content (AvgIpc) is 2.79. The number of rotatable bonds is 2. The molecule has 1 fully saturated rings. The second-order valence-corrected chi connectivity index (χ2v) is 5.69. The first-order chi connectivity index (χ1) is 7.28. The van der Waals surface area contributed by atoms with Crippen LogP contribution < -0.4 is 0 Å². The van der Waals surface area contributed by atoms with Gasteiger partial charge < -0.3 is 0 Å². The van der Waals surface area contributed by atoms with Crippen molar-refractivity contribution >= 4 is 10.8 Å². The van der Waals surface area contributed by atoms with E-state index in [2.05, 4.69) is 6.07 Å². The highest BCUT2D eigenvalue weighted by Gasteiger charge is 2.40. The Morgan fingerprint density at radius 2 is 1.80 bits per heavy atom. The Kier molecular flexibility index (Phi) is 2.88. The van der Waals surface area contributed by atoms with Gasteiger partial charge in [0.05, 0.1) is 16.9 Å². The van der Waals surface area contributed by atoms with Crippen LogP contribution in [0.3, 0.4) is 0 Å². The predicted octanol–water partition coefficient (Wildman–Crippen LogP) is 2.63. The van der Waals surface area contributed by atoms with Crippen molar-refractivity contribution in [1.82, 2.24) is 0 Å². The molecule has 1 aromatic carbocycles. The van der Waals surface area contributed by atoms with Gasteiger partial charge in [-0.1, -0.05) is 31.0 Å². The van der Waals surface area contributed by atoms with E-state index in [0.717, 1.165) is 30.6 Å². The molecule has 1 aliphatic rings. The fourth-order valence-electron chi connectivity index (χ4n) is 2.05. The lowest BCUT2D eigenvalue weighted by atomic mass is 10.1. The average molecular weight is 219 g/mol. The van der Waals surface area contributed by atoms with Crippen LogP contribution in [0.4, 0.5) is 0 Å². The summed E-state index contributed by atoms with van der Waals surface area (Å²) in [6, 6.07) is 11.6. The normalized spacial score (nSPS) is 20.7. The van der Waals surface area contributed by atoms with Gasteiger partial charge in [0, 0.05) is 4.90 Å². The zero-order valence-corrected chi connectivity index (χ0v) is 9.30. The summed E-state index contributed by atoms with van der Waals surface area (Å²) in [6.07, 6.45) is 3.58.